The fraction of sp³-hybridized carbons (Fsp3) is 0.333. The fourth-order valence-electron chi connectivity index (χ4n) is 1.57. The lowest BCUT2D eigenvalue weighted by atomic mass is 10.0. The Labute approximate surface area is 109 Å². The Hall–Kier alpha value is -1.59. The average Bonchev–Trinajstić information content (AvgIpc) is 2.34. The highest BCUT2D eigenvalue weighted by Crippen LogP contribution is 2.15. The van der Waals surface area contributed by atoms with E-state index >= 15 is 0 Å². The summed E-state index contributed by atoms with van der Waals surface area (Å²) in [6, 6.07) is 6.37. The van der Waals surface area contributed by atoms with Crippen molar-refractivity contribution in [2.24, 2.45) is 0 Å². The molecular weight excluding hydrogens is 258 g/mol. The lowest BCUT2D eigenvalue weighted by molar-refractivity contribution is -0.183. The maximum Gasteiger partial charge on any atom is 0.336 e. The second kappa shape index (κ2) is 4.96. The second-order valence-corrected chi connectivity index (χ2v) is 4.63. The van der Waals surface area contributed by atoms with Crippen molar-refractivity contribution in [3.8, 4) is 0 Å². The SMILES string of the molecule is CC1(NC(=O)c2ccc(Cl)cc2)COCOC1=O. The highest BCUT2D eigenvalue weighted by molar-refractivity contribution is 6.30. The summed E-state index contributed by atoms with van der Waals surface area (Å²) in [6.07, 6.45) is 0. The Morgan fingerprint density at radius 3 is 2.67 bits per heavy atom. The van der Waals surface area contributed by atoms with Gasteiger partial charge in [0, 0.05) is 10.6 Å². The quantitative estimate of drug-likeness (QED) is 0.824. The van der Waals surface area contributed by atoms with Crippen LogP contribution < -0.4 is 5.32 Å². The number of benzene rings is 1. The molecule has 1 unspecified atom stereocenters. The van der Waals surface area contributed by atoms with Gasteiger partial charge in [0.25, 0.3) is 5.91 Å². The Morgan fingerprint density at radius 1 is 1.39 bits per heavy atom. The first-order valence-electron chi connectivity index (χ1n) is 5.34. The molecule has 0 radical (unpaired) electrons. The summed E-state index contributed by atoms with van der Waals surface area (Å²) in [6.45, 7) is 1.57. The van der Waals surface area contributed by atoms with E-state index in [9.17, 15) is 9.59 Å². The summed E-state index contributed by atoms with van der Waals surface area (Å²) in [7, 11) is 0. The molecule has 2 rings (SSSR count). The number of amides is 1. The van der Waals surface area contributed by atoms with Crippen molar-refractivity contribution in [1.29, 1.82) is 0 Å². The first-order valence-corrected chi connectivity index (χ1v) is 5.72. The summed E-state index contributed by atoms with van der Waals surface area (Å²) in [4.78, 5) is 23.6. The highest BCUT2D eigenvalue weighted by Gasteiger charge is 2.40. The number of hydrogen-bond acceptors (Lipinski definition) is 4. The monoisotopic (exact) mass is 269 g/mol. The number of rotatable bonds is 2. The molecule has 0 spiro atoms. The van der Waals surface area contributed by atoms with Crippen LogP contribution in [0.2, 0.25) is 5.02 Å². The zero-order valence-corrected chi connectivity index (χ0v) is 10.5. The van der Waals surface area contributed by atoms with E-state index in [1.54, 1.807) is 31.2 Å². The molecule has 96 valence electrons. The predicted octanol–water partition coefficient (Wildman–Crippen LogP) is 1.36. The summed E-state index contributed by atoms with van der Waals surface area (Å²) >= 11 is 5.73. The third-order valence-electron chi connectivity index (χ3n) is 2.61. The summed E-state index contributed by atoms with van der Waals surface area (Å²) in [5, 5.41) is 3.14. The summed E-state index contributed by atoms with van der Waals surface area (Å²) < 4.78 is 9.78. The van der Waals surface area contributed by atoms with Crippen LogP contribution in [0.3, 0.4) is 0 Å². The summed E-state index contributed by atoms with van der Waals surface area (Å²) in [5.41, 5.74) is -0.742. The van der Waals surface area contributed by atoms with Gasteiger partial charge in [-0.05, 0) is 31.2 Å². The highest BCUT2D eigenvalue weighted by atomic mass is 35.5. The van der Waals surface area contributed by atoms with Gasteiger partial charge >= 0.3 is 5.97 Å². The first kappa shape index (κ1) is 12.9. The standard InChI is InChI=1S/C12H12ClNO4/c1-12(6-17-7-18-11(12)16)14-10(15)8-2-4-9(13)5-3-8/h2-5H,6-7H2,1H3,(H,14,15). The van der Waals surface area contributed by atoms with E-state index in [2.05, 4.69) is 5.32 Å². The molecule has 5 nitrogen and oxygen atoms in total. The molecule has 0 bridgehead atoms. The minimum atomic E-state index is -1.16. The molecule has 1 saturated heterocycles. The van der Waals surface area contributed by atoms with E-state index < -0.39 is 11.5 Å². The van der Waals surface area contributed by atoms with Crippen molar-refractivity contribution in [3.63, 3.8) is 0 Å². The van der Waals surface area contributed by atoms with E-state index in [1.165, 1.54) is 0 Å². The van der Waals surface area contributed by atoms with Gasteiger partial charge in [0.2, 0.25) is 0 Å². The van der Waals surface area contributed by atoms with Crippen LogP contribution in [0.1, 0.15) is 17.3 Å². The Balaban J connectivity index is 2.11. The smallest absolute Gasteiger partial charge is 0.336 e. The number of esters is 1. The van der Waals surface area contributed by atoms with E-state index in [0.29, 0.717) is 10.6 Å². The third-order valence-corrected chi connectivity index (χ3v) is 2.86. The number of cyclic esters (lactones) is 1. The van der Waals surface area contributed by atoms with Gasteiger partial charge in [0.15, 0.2) is 12.3 Å². The normalized spacial score (nSPS) is 23.3. The fourth-order valence-corrected chi connectivity index (χ4v) is 1.70. The van der Waals surface area contributed by atoms with Gasteiger partial charge < -0.3 is 14.8 Å². The molecule has 0 saturated carbocycles. The van der Waals surface area contributed by atoms with E-state index in [0.717, 1.165) is 0 Å². The van der Waals surface area contributed by atoms with Crippen LogP contribution in [0.15, 0.2) is 24.3 Å². The van der Waals surface area contributed by atoms with Gasteiger partial charge in [0.1, 0.15) is 0 Å². The molecule has 1 aromatic rings. The second-order valence-electron chi connectivity index (χ2n) is 4.19. The number of hydrogen-bond donors (Lipinski definition) is 1. The van der Waals surface area contributed by atoms with Crippen LogP contribution >= 0.6 is 11.6 Å². The van der Waals surface area contributed by atoms with E-state index in [-0.39, 0.29) is 19.3 Å². The number of carbonyl (C=O) groups is 2. The minimum absolute atomic E-state index is 0.0781. The molecule has 1 N–H and O–H groups in total. The average molecular weight is 270 g/mol. The molecule has 0 aromatic heterocycles. The third kappa shape index (κ3) is 2.63. The van der Waals surface area contributed by atoms with Gasteiger partial charge in [-0.1, -0.05) is 11.6 Å². The van der Waals surface area contributed by atoms with Crippen LogP contribution in [0, 0.1) is 0 Å². The van der Waals surface area contributed by atoms with Gasteiger partial charge in [-0.25, -0.2) is 4.79 Å². The van der Waals surface area contributed by atoms with Crippen LogP contribution in [0.25, 0.3) is 0 Å². The molecule has 6 heteroatoms. The van der Waals surface area contributed by atoms with Crippen molar-refractivity contribution in [1.82, 2.24) is 5.32 Å². The molecule has 1 aromatic carbocycles. The van der Waals surface area contributed by atoms with Crippen LogP contribution in [-0.4, -0.2) is 30.8 Å². The van der Waals surface area contributed by atoms with Crippen molar-refractivity contribution in [3.05, 3.63) is 34.9 Å². The lowest BCUT2D eigenvalue weighted by Gasteiger charge is -2.31. The van der Waals surface area contributed by atoms with Crippen LogP contribution in [0.5, 0.6) is 0 Å². The van der Waals surface area contributed by atoms with Gasteiger partial charge in [0.05, 0.1) is 6.61 Å². The number of halogens is 1. The summed E-state index contributed by atoms with van der Waals surface area (Å²) in [5.74, 6) is -0.882. The maximum atomic E-state index is 12.0. The molecule has 1 aliphatic heterocycles. The molecule has 1 fully saturated rings. The minimum Gasteiger partial charge on any atom is -0.437 e. The Bertz CT molecular complexity index is 473. The van der Waals surface area contributed by atoms with Crippen molar-refractivity contribution in [2.45, 2.75) is 12.5 Å². The first-order chi connectivity index (χ1) is 8.51. The topological polar surface area (TPSA) is 64.6 Å². The zero-order chi connectivity index (χ0) is 13.2. The molecule has 18 heavy (non-hydrogen) atoms. The van der Waals surface area contributed by atoms with Gasteiger partial charge in [-0.15, -0.1) is 0 Å². The number of ether oxygens (including phenoxy) is 2. The van der Waals surface area contributed by atoms with Crippen LogP contribution in [-0.2, 0) is 14.3 Å². The Morgan fingerprint density at radius 2 is 2.06 bits per heavy atom. The van der Waals surface area contributed by atoms with Gasteiger partial charge in [-0.2, -0.15) is 0 Å². The molecular formula is C12H12ClNO4. The molecule has 1 amide bonds. The van der Waals surface area contributed by atoms with Crippen molar-refractivity contribution >= 4 is 23.5 Å². The lowest BCUT2D eigenvalue weighted by Crippen LogP contribution is -2.58. The van der Waals surface area contributed by atoms with E-state index in [4.69, 9.17) is 21.1 Å². The largest absolute Gasteiger partial charge is 0.437 e. The van der Waals surface area contributed by atoms with Crippen LogP contribution in [0.4, 0.5) is 0 Å². The maximum absolute atomic E-state index is 12.0. The molecule has 1 atom stereocenters. The predicted molar refractivity (Wildman–Crippen MR) is 64.2 cm³/mol. The van der Waals surface area contributed by atoms with Crippen molar-refractivity contribution < 1.29 is 19.1 Å². The zero-order valence-electron chi connectivity index (χ0n) is 9.73. The molecule has 1 heterocycles. The Kier molecular flexibility index (Phi) is 3.54. The van der Waals surface area contributed by atoms with Crippen molar-refractivity contribution in [2.75, 3.05) is 13.4 Å². The molecule has 1 aliphatic rings. The number of carbonyl (C=O) groups excluding carboxylic acids is 2. The number of nitrogens with one attached hydrogen (secondary N) is 1. The molecule has 0 aliphatic carbocycles. The van der Waals surface area contributed by atoms with E-state index in [1.807, 2.05) is 0 Å². The van der Waals surface area contributed by atoms with Gasteiger partial charge in [-0.3, -0.25) is 4.79 Å².